The summed E-state index contributed by atoms with van der Waals surface area (Å²) in [5, 5.41) is 9.10. The van der Waals surface area contributed by atoms with Gasteiger partial charge in [-0.05, 0) is 35.2 Å². The lowest BCUT2D eigenvalue weighted by atomic mass is 9.98. The zero-order chi connectivity index (χ0) is 18.6. The van der Waals surface area contributed by atoms with Crippen LogP contribution in [0.1, 0.15) is 23.5 Å². The van der Waals surface area contributed by atoms with Crippen LogP contribution in [0.25, 0.3) is 11.1 Å². The van der Waals surface area contributed by atoms with Gasteiger partial charge >= 0.3 is 6.09 Å². The smallest absolute Gasteiger partial charge is 0.409 e. The Bertz CT molecular complexity index is 762. The van der Waals surface area contributed by atoms with E-state index in [1.54, 1.807) is 4.90 Å². The molecule has 0 radical (unpaired) electrons. The molecule has 5 nitrogen and oxygen atoms in total. The molecule has 1 aliphatic carbocycles. The van der Waals surface area contributed by atoms with Gasteiger partial charge in [-0.2, -0.15) is 0 Å². The Morgan fingerprint density at radius 2 is 1.63 bits per heavy atom. The molecule has 0 unspecified atom stereocenters. The Kier molecular flexibility index (Phi) is 5.41. The summed E-state index contributed by atoms with van der Waals surface area (Å²) in [6.45, 7) is 4.24. The maximum absolute atomic E-state index is 12.6. The zero-order valence-electron chi connectivity index (χ0n) is 15.5. The van der Waals surface area contributed by atoms with Crippen LogP contribution in [0, 0.1) is 0 Å². The van der Waals surface area contributed by atoms with Crippen molar-refractivity contribution in [3.63, 3.8) is 0 Å². The predicted molar refractivity (Wildman–Crippen MR) is 105 cm³/mol. The van der Waals surface area contributed by atoms with Crippen LogP contribution in [-0.4, -0.2) is 66.9 Å². The lowest BCUT2D eigenvalue weighted by Crippen LogP contribution is -2.36. The highest BCUT2D eigenvalue weighted by Crippen LogP contribution is 2.44. The summed E-state index contributed by atoms with van der Waals surface area (Å²) in [5.41, 5.74) is 4.94. The van der Waals surface area contributed by atoms with E-state index in [9.17, 15) is 4.79 Å². The van der Waals surface area contributed by atoms with E-state index in [0.717, 1.165) is 19.5 Å². The van der Waals surface area contributed by atoms with Crippen molar-refractivity contribution >= 4 is 6.09 Å². The minimum absolute atomic E-state index is 0.0965. The van der Waals surface area contributed by atoms with Gasteiger partial charge < -0.3 is 14.7 Å². The first-order chi connectivity index (χ1) is 13.3. The summed E-state index contributed by atoms with van der Waals surface area (Å²) in [4.78, 5) is 16.6. The minimum Gasteiger partial charge on any atom is -0.448 e. The molecule has 4 rings (SSSR count). The van der Waals surface area contributed by atoms with Crippen molar-refractivity contribution in [3.05, 3.63) is 59.7 Å². The molecule has 2 aromatic rings. The maximum atomic E-state index is 12.6. The molecule has 1 amide bonds. The molecule has 2 aromatic carbocycles. The molecule has 1 N–H and O–H groups in total. The van der Waals surface area contributed by atoms with Crippen molar-refractivity contribution in [2.24, 2.45) is 0 Å². The second-order valence-electron chi connectivity index (χ2n) is 7.21. The Hall–Kier alpha value is -2.37. The monoisotopic (exact) mass is 366 g/mol. The highest BCUT2D eigenvalue weighted by atomic mass is 16.6. The number of amides is 1. The van der Waals surface area contributed by atoms with E-state index in [1.807, 2.05) is 12.1 Å². The molecule has 142 valence electrons. The van der Waals surface area contributed by atoms with Crippen molar-refractivity contribution in [2.45, 2.75) is 12.3 Å². The van der Waals surface area contributed by atoms with Gasteiger partial charge in [0.2, 0.25) is 0 Å². The summed E-state index contributed by atoms with van der Waals surface area (Å²) >= 11 is 0. The van der Waals surface area contributed by atoms with E-state index < -0.39 is 0 Å². The fraction of sp³-hybridized carbons (Fsp3) is 0.409. The zero-order valence-corrected chi connectivity index (χ0v) is 15.5. The Morgan fingerprint density at radius 1 is 0.963 bits per heavy atom. The molecule has 0 bridgehead atoms. The fourth-order valence-corrected chi connectivity index (χ4v) is 4.20. The number of nitrogens with zero attached hydrogens (tertiary/aromatic N) is 2. The molecule has 5 heteroatoms. The SMILES string of the molecule is O=C(OCC1c2ccccc2-c2ccccc21)N1CCCN(CCO)CC1. The molecule has 0 aromatic heterocycles. The topological polar surface area (TPSA) is 53.0 Å². The summed E-state index contributed by atoms with van der Waals surface area (Å²) in [7, 11) is 0. The van der Waals surface area contributed by atoms with E-state index in [2.05, 4.69) is 41.3 Å². The van der Waals surface area contributed by atoms with E-state index in [0.29, 0.717) is 26.2 Å². The van der Waals surface area contributed by atoms with Crippen molar-refractivity contribution in [1.82, 2.24) is 9.80 Å². The van der Waals surface area contributed by atoms with Crippen LogP contribution < -0.4 is 0 Å². The largest absolute Gasteiger partial charge is 0.448 e. The number of rotatable bonds is 4. The quantitative estimate of drug-likeness (QED) is 0.904. The number of aliphatic hydroxyl groups is 1. The van der Waals surface area contributed by atoms with Crippen molar-refractivity contribution in [3.8, 4) is 11.1 Å². The number of fused-ring (bicyclic) bond motifs is 3. The van der Waals surface area contributed by atoms with Gasteiger partial charge in [0.15, 0.2) is 0 Å². The number of carbonyl (C=O) groups excluding carboxylic acids is 1. The molecule has 0 spiro atoms. The number of carbonyl (C=O) groups is 1. The Morgan fingerprint density at radius 3 is 2.30 bits per heavy atom. The molecule has 1 aliphatic heterocycles. The number of aliphatic hydroxyl groups excluding tert-OH is 1. The minimum atomic E-state index is -0.234. The molecule has 27 heavy (non-hydrogen) atoms. The standard InChI is InChI=1S/C22H26N2O3/c25-15-14-23-10-5-11-24(13-12-23)22(26)27-16-21-19-8-3-1-6-17(19)18-7-2-4-9-20(18)21/h1-4,6-9,21,25H,5,10-16H2. The number of ether oxygens (including phenoxy) is 1. The van der Waals surface area contributed by atoms with Crippen LogP contribution in [0.2, 0.25) is 0 Å². The molecule has 0 atom stereocenters. The third kappa shape index (κ3) is 3.70. The first kappa shape index (κ1) is 18.0. The fourth-order valence-electron chi connectivity index (χ4n) is 4.20. The number of hydrogen-bond acceptors (Lipinski definition) is 4. The summed E-state index contributed by atoms with van der Waals surface area (Å²) in [6, 6.07) is 16.7. The van der Waals surface area contributed by atoms with E-state index in [4.69, 9.17) is 9.84 Å². The molecule has 1 saturated heterocycles. The Labute approximate surface area is 160 Å². The molecular formula is C22H26N2O3. The molecular weight excluding hydrogens is 340 g/mol. The van der Waals surface area contributed by atoms with Crippen molar-refractivity contribution < 1.29 is 14.6 Å². The van der Waals surface area contributed by atoms with Crippen molar-refractivity contribution in [2.75, 3.05) is 45.9 Å². The van der Waals surface area contributed by atoms with E-state index >= 15 is 0 Å². The maximum Gasteiger partial charge on any atom is 0.409 e. The Balaban J connectivity index is 1.42. The number of benzene rings is 2. The first-order valence-corrected chi connectivity index (χ1v) is 9.71. The van der Waals surface area contributed by atoms with E-state index in [1.165, 1.54) is 22.3 Å². The predicted octanol–water partition coefficient (Wildman–Crippen LogP) is 2.94. The van der Waals surface area contributed by atoms with Crippen LogP contribution in [-0.2, 0) is 4.74 Å². The van der Waals surface area contributed by atoms with Crippen LogP contribution in [0.5, 0.6) is 0 Å². The molecule has 1 heterocycles. The van der Waals surface area contributed by atoms with E-state index in [-0.39, 0.29) is 18.6 Å². The van der Waals surface area contributed by atoms with Gasteiger partial charge in [-0.15, -0.1) is 0 Å². The lowest BCUT2D eigenvalue weighted by Gasteiger charge is -2.22. The van der Waals surface area contributed by atoms with Gasteiger partial charge in [0.05, 0.1) is 6.61 Å². The second kappa shape index (κ2) is 8.11. The lowest BCUT2D eigenvalue weighted by molar-refractivity contribution is 0.100. The van der Waals surface area contributed by atoms with Crippen LogP contribution in [0.3, 0.4) is 0 Å². The van der Waals surface area contributed by atoms with Gasteiger partial charge in [-0.25, -0.2) is 4.79 Å². The van der Waals surface area contributed by atoms with Gasteiger partial charge in [0.25, 0.3) is 0 Å². The normalized spacial score (nSPS) is 17.3. The number of β-amino-alcohol motifs (C(OH)–C–C–N with tert-alkyl or cyclic N) is 1. The van der Waals surface area contributed by atoms with Gasteiger partial charge in [0, 0.05) is 32.1 Å². The molecule has 2 aliphatic rings. The average Bonchev–Trinajstić information content (AvgIpc) is 2.84. The third-order valence-electron chi connectivity index (χ3n) is 5.60. The van der Waals surface area contributed by atoms with Gasteiger partial charge in [-0.1, -0.05) is 48.5 Å². The first-order valence-electron chi connectivity index (χ1n) is 9.71. The average molecular weight is 366 g/mol. The summed E-state index contributed by atoms with van der Waals surface area (Å²) in [5.74, 6) is 0.0965. The van der Waals surface area contributed by atoms with Gasteiger partial charge in [-0.3, -0.25) is 4.90 Å². The summed E-state index contributed by atoms with van der Waals surface area (Å²) in [6.07, 6.45) is 0.673. The van der Waals surface area contributed by atoms with Crippen LogP contribution in [0.4, 0.5) is 4.79 Å². The molecule has 0 saturated carbocycles. The summed E-state index contributed by atoms with van der Waals surface area (Å²) < 4.78 is 5.75. The molecule has 1 fully saturated rings. The highest BCUT2D eigenvalue weighted by Gasteiger charge is 2.30. The van der Waals surface area contributed by atoms with Crippen LogP contribution in [0.15, 0.2) is 48.5 Å². The van der Waals surface area contributed by atoms with Gasteiger partial charge in [0.1, 0.15) is 6.61 Å². The third-order valence-corrected chi connectivity index (χ3v) is 5.60. The highest BCUT2D eigenvalue weighted by molar-refractivity contribution is 5.79. The number of hydrogen-bond donors (Lipinski definition) is 1. The van der Waals surface area contributed by atoms with Crippen LogP contribution >= 0.6 is 0 Å². The van der Waals surface area contributed by atoms with Crippen molar-refractivity contribution in [1.29, 1.82) is 0 Å². The second-order valence-corrected chi connectivity index (χ2v) is 7.21.